The predicted molar refractivity (Wildman–Crippen MR) is 89.9 cm³/mol. The van der Waals surface area contributed by atoms with Crippen LogP contribution < -0.4 is 5.32 Å². The van der Waals surface area contributed by atoms with E-state index < -0.39 is 0 Å². The number of halogens is 1. The molecule has 2 aromatic carbocycles. The number of anilines is 1. The van der Waals surface area contributed by atoms with Crippen LogP contribution in [0.2, 0.25) is 0 Å². The lowest BCUT2D eigenvalue weighted by molar-refractivity contribution is 0.616. The number of rotatable bonds is 4. The molecular formula is C16H15FN2S2. The highest BCUT2D eigenvalue weighted by atomic mass is 32.2. The first-order valence-corrected chi connectivity index (χ1v) is 8.63. The first-order chi connectivity index (χ1) is 10.2. The van der Waals surface area contributed by atoms with Crippen molar-refractivity contribution >= 4 is 39.0 Å². The molecule has 2 nitrogen and oxygen atoms in total. The Balaban J connectivity index is 1.76. The molecule has 0 aliphatic heterocycles. The van der Waals surface area contributed by atoms with Crippen LogP contribution in [0.25, 0.3) is 10.2 Å². The van der Waals surface area contributed by atoms with Gasteiger partial charge in [0.05, 0.1) is 10.2 Å². The van der Waals surface area contributed by atoms with Crippen LogP contribution in [0.15, 0.2) is 40.7 Å². The summed E-state index contributed by atoms with van der Waals surface area (Å²) in [6, 6.07) is 11.5. The van der Waals surface area contributed by atoms with Crippen LogP contribution in [-0.4, -0.2) is 11.2 Å². The molecular weight excluding hydrogens is 303 g/mol. The van der Waals surface area contributed by atoms with Gasteiger partial charge in [0.15, 0.2) is 4.34 Å². The van der Waals surface area contributed by atoms with Gasteiger partial charge >= 0.3 is 0 Å². The van der Waals surface area contributed by atoms with E-state index in [1.54, 1.807) is 36.1 Å². The smallest absolute Gasteiger partial charge is 0.150 e. The number of thiazole rings is 1. The van der Waals surface area contributed by atoms with Gasteiger partial charge in [0.2, 0.25) is 0 Å². The zero-order chi connectivity index (χ0) is 14.8. The van der Waals surface area contributed by atoms with E-state index in [0.717, 1.165) is 21.1 Å². The molecule has 5 heteroatoms. The summed E-state index contributed by atoms with van der Waals surface area (Å²) in [4.78, 5) is 4.52. The Kier molecular flexibility index (Phi) is 4.12. The third-order valence-electron chi connectivity index (χ3n) is 3.28. The molecule has 0 unspecified atom stereocenters. The summed E-state index contributed by atoms with van der Waals surface area (Å²) in [5.41, 5.74) is 3.66. The summed E-state index contributed by atoms with van der Waals surface area (Å²) >= 11 is 3.35. The summed E-state index contributed by atoms with van der Waals surface area (Å²) in [5, 5.41) is 3.33. The molecule has 0 spiro atoms. The van der Waals surface area contributed by atoms with Gasteiger partial charge in [0.1, 0.15) is 5.82 Å². The zero-order valence-electron chi connectivity index (χ0n) is 11.8. The molecule has 0 amide bonds. The molecule has 0 radical (unpaired) electrons. The van der Waals surface area contributed by atoms with Crippen molar-refractivity contribution in [2.45, 2.75) is 17.8 Å². The van der Waals surface area contributed by atoms with Crippen molar-refractivity contribution in [3.05, 3.63) is 53.3 Å². The SMILES string of the molecule is CSc1nc2ccc(NCc3ccc(C)c(F)c3)cc2s1. The fourth-order valence-electron chi connectivity index (χ4n) is 2.05. The molecule has 3 aromatic rings. The fourth-order valence-corrected chi connectivity index (χ4v) is 3.58. The van der Waals surface area contributed by atoms with Crippen LogP contribution >= 0.6 is 23.1 Å². The fraction of sp³-hybridized carbons (Fsp3) is 0.188. The molecule has 1 N–H and O–H groups in total. The van der Waals surface area contributed by atoms with E-state index in [4.69, 9.17) is 0 Å². The van der Waals surface area contributed by atoms with Crippen molar-refractivity contribution in [3.8, 4) is 0 Å². The third-order valence-corrected chi connectivity index (χ3v) is 5.28. The first kappa shape index (κ1) is 14.4. The Bertz CT molecular complexity index is 783. The summed E-state index contributed by atoms with van der Waals surface area (Å²) in [6.45, 7) is 2.38. The van der Waals surface area contributed by atoms with E-state index in [0.29, 0.717) is 12.1 Å². The maximum absolute atomic E-state index is 13.5. The molecule has 3 rings (SSSR count). The Hall–Kier alpha value is -1.59. The van der Waals surface area contributed by atoms with Gasteiger partial charge < -0.3 is 5.32 Å². The molecule has 1 aromatic heterocycles. The maximum atomic E-state index is 13.5. The first-order valence-electron chi connectivity index (χ1n) is 6.59. The number of hydrogen-bond donors (Lipinski definition) is 1. The third kappa shape index (κ3) is 3.19. The molecule has 0 aliphatic carbocycles. The van der Waals surface area contributed by atoms with E-state index in [1.165, 1.54) is 4.70 Å². The Morgan fingerprint density at radius 2 is 2.10 bits per heavy atom. The monoisotopic (exact) mass is 318 g/mol. The van der Waals surface area contributed by atoms with Crippen LogP contribution in [-0.2, 0) is 6.54 Å². The minimum Gasteiger partial charge on any atom is -0.381 e. The zero-order valence-corrected chi connectivity index (χ0v) is 13.4. The van der Waals surface area contributed by atoms with Crippen LogP contribution in [0, 0.1) is 12.7 Å². The number of hydrogen-bond acceptors (Lipinski definition) is 4. The lowest BCUT2D eigenvalue weighted by atomic mass is 10.1. The van der Waals surface area contributed by atoms with E-state index in [9.17, 15) is 4.39 Å². The number of aryl methyl sites for hydroxylation is 1. The van der Waals surface area contributed by atoms with Crippen molar-refractivity contribution in [2.75, 3.05) is 11.6 Å². The molecule has 1 heterocycles. The van der Waals surface area contributed by atoms with Crippen molar-refractivity contribution in [2.24, 2.45) is 0 Å². The van der Waals surface area contributed by atoms with Gasteiger partial charge in [-0.15, -0.1) is 11.3 Å². The molecule has 0 atom stereocenters. The topological polar surface area (TPSA) is 24.9 Å². The minimum absolute atomic E-state index is 0.156. The van der Waals surface area contributed by atoms with Gasteiger partial charge in [-0.25, -0.2) is 9.37 Å². The second kappa shape index (κ2) is 6.03. The second-order valence-electron chi connectivity index (χ2n) is 4.80. The van der Waals surface area contributed by atoms with Crippen LogP contribution in [0.1, 0.15) is 11.1 Å². The molecule has 0 aliphatic rings. The average Bonchev–Trinajstić information content (AvgIpc) is 2.90. The Morgan fingerprint density at radius 3 is 2.86 bits per heavy atom. The Labute approximate surface area is 131 Å². The van der Waals surface area contributed by atoms with Crippen LogP contribution in [0.5, 0.6) is 0 Å². The largest absolute Gasteiger partial charge is 0.381 e. The van der Waals surface area contributed by atoms with E-state index >= 15 is 0 Å². The summed E-state index contributed by atoms with van der Waals surface area (Å²) in [7, 11) is 0. The van der Waals surface area contributed by atoms with Crippen molar-refractivity contribution < 1.29 is 4.39 Å². The quantitative estimate of drug-likeness (QED) is 0.679. The second-order valence-corrected chi connectivity index (χ2v) is 6.89. The number of nitrogens with zero attached hydrogens (tertiary/aromatic N) is 1. The molecule has 0 fully saturated rings. The van der Waals surface area contributed by atoms with Crippen molar-refractivity contribution in [1.82, 2.24) is 4.98 Å². The normalized spacial score (nSPS) is 11.0. The number of benzene rings is 2. The predicted octanol–water partition coefficient (Wildman–Crippen LogP) is 5.08. The maximum Gasteiger partial charge on any atom is 0.150 e. The van der Waals surface area contributed by atoms with Crippen LogP contribution in [0.4, 0.5) is 10.1 Å². The molecule has 0 saturated carbocycles. The molecule has 21 heavy (non-hydrogen) atoms. The van der Waals surface area contributed by atoms with Crippen molar-refractivity contribution in [1.29, 1.82) is 0 Å². The highest BCUT2D eigenvalue weighted by molar-refractivity contribution is 8.00. The van der Waals surface area contributed by atoms with Gasteiger partial charge in [-0.2, -0.15) is 0 Å². The van der Waals surface area contributed by atoms with Crippen LogP contribution in [0.3, 0.4) is 0 Å². The average molecular weight is 318 g/mol. The van der Waals surface area contributed by atoms with Gasteiger partial charge in [-0.05, 0) is 48.6 Å². The Morgan fingerprint density at radius 1 is 1.24 bits per heavy atom. The van der Waals surface area contributed by atoms with E-state index in [1.807, 2.05) is 30.5 Å². The lowest BCUT2D eigenvalue weighted by Crippen LogP contribution is -2.00. The van der Waals surface area contributed by atoms with Gasteiger partial charge in [-0.1, -0.05) is 23.9 Å². The minimum atomic E-state index is -0.156. The summed E-state index contributed by atoms with van der Waals surface area (Å²) in [5.74, 6) is -0.156. The summed E-state index contributed by atoms with van der Waals surface area (Å²) in [6.07, 6.45) is 2.03. The highest BCUT2D eigenvalue weighted by Gasteiger charge is 2.04. The van der Waals surface area contributed by atoms with Crippen molar-refractivity contribution in [3.63, 3.8) is 0 Å². The van der Waals surface area contributed by atoms with Gasteiger partial charge in [0.25, 0.3) is 0 Å². The number of nitrogens with one attached hydrogen (secondary N) is 1. The highest BCUT2D eigenvalue weighted by Crippen LogP contribution is 2.30. The van der Waals surface area contributed by atoms with E-state index in [2.05, 4.69) is 16.4 Å². The number of aromatic nitrogens is 1. The standard InChI is InChI=1S/C16H15FN2S2/c1-10-3-4-11(7-13(10)17)9-18-12-5-6-14-15(8-12)21-16(19-14)20-2/h3-8,18H,9H2,1-2H3. The lowest BCUT2D eigenvalue weighted by Gasteiger charge is -2.07. The molecule has 0 saturated heterocycles. The molecule has 0 bridgehead atoms. The number of thioether (sulfide) groups is 1. The molecule has 108 valence electrons. The summed E-state index contributed by atoms with van der Waals surface area (Å²) < 4.78 is 15.8. The van der Waals surface area contributed by atoms with E-state index in [-0.39, 0.29) is 5.82 Å². The van der Waals surface area contributed by atoms with Gasteiger partial charge in [-0.3, -0.25) is 0 Å². The number of fused-ring (bicyclic) bond motifs is 1. The van der Waals surface area contributed by atoms with Gasteiger partial charge in [0, 0.05) is 12.2 Å².